The highest BCUT2D eigenvalue weighted by atomic mass is 32.2. The molecule has 0 saturated heterocycles. The monoisotopic (exact) mass is 390 g/mol. The average Bonchev–Trinajstić information content (AvgIpc) is 3.13. The van der Waals surface area contributed by atoms with Crippen LogP contribution in [0.25, 0.3) is 5.57 Å². The van der Waals surface area contributed by atoms with Crippen molar-refractivity contribution in [3.05, 3.63) is 93.7 Å². The van der Waals surface area contributed by atoms with Crippen LogP contribution in [0.3, 0.4) is 0 Å². The number of thioether (sulfide) groups is 1. The molecule has 2 nitrogen and oxygen atoms in total. The van der Waals surface area contributed by atoms with E-state index in [-0.39, 0.29) is 0 Å². The van der Waals surface area contributed by atoms with E-state index in [4.69, 9.17) is 4.42 Å². The molecule has 1 unspecified atom stereocenters. The minimum absolute atomic E-state index is 0.326. The molecule has 1 N–H and O–H groups in total. The molecule has 0 fully saturated rings. The van der Waals surface area contributed by atoms with Gasteiger partial charge in [0.05, 0.1) is 6.26 Å². The second kappa shape index (κ2) is 8.74. The molecule has 144 valence electrons. The van der Waals surface area contributed by atoms with E-state index in [1.54, 1.807) is 18.4 Å². The minimum atomic E-state index is 0.326. The van der Waals surface area contributed by atoms with Crippen LogP contribution in [0, 0.1) is 5.92 Å². The fourth-order valence-electron chi connectivity index (χ4n) is 3.89. The first-order valence-corrected chi connectivity index (χ1v) is 10.7. The second-order valence-electron chi connectivity index (χ2n) is 7.46. The van der Waals surface area contributed by atoms with E-state index in [2.05, 4.69) is 31.2 Å². The van der Waals surface area contributed by atoms with Crippen LogP contribution in [0.1, 0.15) is 43.9 Å². The van der Waals surface area contributed by atoms with E-state index < -0.39 is 0 Å². The van der Waals surface area contributed by atoms with E-state index >= 15 is 0 Å². The van der Waals surface area contributed by atoms with Crippen LogP contribution in [0.5, 0.6) is 5.75 Å². The number of phenols is 1. The van der Waals surface area contributed by atoms with E-state index in [9.17, 15) is 5.11 Å². The van der Waals surface area contributed by atoms with E-state index in [0.29, 0.717) is 11.7 Å². The fraction of sp³-hybridized carbons (Fsp3) is 0.280. The normalized spacial score (nSPS) is 20.0. The molecule has 1 aromatic carbocycles. The topological polar surface area (TPSA) is 33.4 Å². The molecule has 1 aromatic heterocycles. The Morgan fingerprint density at radius 2 is 2.04 bits per heavy atom. The predicted octanol–water partition coefficient (Wildman–Crippen LogP) is 7.26. The lowest BCUT2D eigenvalue weighted by Gasteiger charge is -2.25. The molecule has 0 bridgehead atoms. The lowest BCUT2D eigenvalue weighted by atomic mass is 9.85. The zero-order valence-electron chi connectivity index (χ0n) is 16.2. The molecular weight excluding hydrogens is 364 g/mol. The summed E-state index contributed by atoms with van der Waals surface area (Å²) in [4.78, 5) is 2.93. The van der Waals surface area contributed by atoms with Crippen LogP contribution in [-0.4, -0.2) is 5.11 Å². The van der Waals surface area contributed by atoms with Gasteiger partial charge in [-0.15, -0.1) is 0 Å². The first-order valence-electron chi connectivity index (χ1n) is 9.93. The van der Waals surface area contributed by atoms with Crippen molar-refractivity contribution in [2.75, 3.05) is 0 Å². The molecule has 2 aliphatic rings. The maximum absolute atomic E-state index is 9.60. The van der Waals surface area contributed by atoms with Crippen molar-refractivity contribution in [1.29, 1.82) is 0 Å². The third-order valence-corrected chi connectivity index (χ3v) is 6.60. The summed E-state index contributed by atoms with van der Waals surface area (Å²) in [5.74, 6) is 1.80. The van der Waals surface area contributed by atoms with Crippen molar-refractivity contribution in [3.8, 4) is 5.75 Å². The molecule has 3 heteroatoms. The highest BCUT2D eigenvalue weighted by Crippen LogP contribution is 2.47. The summed E-state index contributed by atoms with van der Waals surface area (Å²) < 4.78 is 5.43. The third-order valence-electron chi connectivity index (χ3n) is 5.34. The van der Waals surface area contributed by atoms with Gasteiger partial charge in [0, 0.05) is 12.3 Å². The summed E-state index contributed by atoms with van der Waals surface area (Å²) in [6, 6.07) is 11.6. The van der Waals surface area contributed by atoms with Crippen molar-refractivity contribution in [2.45, 2.75) is 39.0 Å². The van der Waals surface area contributed by atoms with Crippen LogP contribution in [0.4, 0.5) is 0 Å². The zero-order valence-corrected chi connectivity index (χ0v) is 17.0. The van der Waals surface area contributed by atoms with E-state index in [0.717, 1.165) is 37.9 Å². The first kappa shape index (κ1) is 18.9. The molecule has 0 spiro atoms. The molecule has 0 radical (unpaired) electrons. The van der Waals surface area contributed by atoms with Crippen LogP contribution < -0.4 is 0 Å². The smallest absolute Gasteiger partial charge is 0.115 e. The third kappa shape index (κ3) is 4.53. The number of fused-ring (bicyclic) bond motifs is 1. The Labute approximate surface area is 171 Å². The molecule has 0 saturated carbocycles. The molecule has 1 aliphatic heterocycles. The highest BCUT2D eigenvalue weighted by Gasteiger charge is 2.25. The Morgan fingerprint density at radius 3 is 2.82 bits per heavy atom. The Morgan fingerprint density at radius 1 is 1.18 bits per heavy atom. The summed E-state index contributed by atoms with van der Waals surface area (Å²) in [6.07, 6.45) is 16.3. The Bertz CT molecular complexity index is 927. The van der Waals surface area contributed by atoms with Gasteiger partial charge in [-0.1, -0.05) is 53.8 Å². The predicted molar refractivity (Wildman–Crippen MR) is 118 cm³/mol. The Balaban J connectivity index is 1.43. The molecule has 0 amide bonds. The van der Waals surface area contributed by atoms with Gasteiger partial charge in [-0.25, -0.2) is 0 Å². The average molecular weight is 391 g/mol. The lowest BCUT2D eigenvalue weighted by Crippen LogP contribution is -2.07. The number of furan rings is 1. The number of aromatic hydroxyl groups is 1. The van der Waals surface area contributed by atoms with Gasteiger partial charge >= 0.3 is 0 Å². The molecule has 4 rings (SSSR count). The number of allylic oxidation sites excluding steroid dienone is 8. The number of benzene rings is 1. The second-order valence-corrected chi connectivity index (χ2v) is 8.66. The minimum Gasteiger partial charge on any atom is -0.508 e. The largest absolute Gasteiger partial charge is 0.508 e. The molecule has 1 atom stereocenters. The van der Waals surface area contributed by atoms with Gasteiger partial charge in [-0.05, 0) is 77.8 Å². The van der Waals surface area contributed by atoms with Crippen LogP contribution in [0.15, 0.2) is 86.8 Å². The van der Waals surface area contributed by atoms with Gasteiger partial charge in [0.25, 0.3) is 0 Å². The van der Waals surface area contributed by atoms with Crippen LogP contribution in [-0.2, 0) is 6.42 Å². The summed E-state index contributed by atoms with van der Waals surface area (Å²) >= 11 is 1.96. The van der Waals surface area contributed by atoms with Gasteiger partial charge in [-0.3, -0.25) is 0 Å². The fourth-order valence-corrected chi connectivity index (χ4v) is 5.26. The van der Waals surface area contributed by atoms with Gasteiger partial charge in [0.2, 0.25) is 0 Å². The Kier molecular flexibility index (Phi) is 5.92. The molecule has 1 aliphatic carbocycles. The highest BCUT2D eigenvalue weighted by molar-refractivity contribution is 8.06. The van der Waals surface area contributed by atoms with Gasteiger partial charge in [0.1, 0.15) is 11.5 Å². The number of hydrogen-bond donors (Lipinski definition) is 1. The summed E-state index contributed by atoms with van der Waals surface area (Å²) in [6.45, 7) is 2.21. The molecular formula is C25H26O2S. The first-order chi connectivity index (χ1) is 13.7. The van der Waals surface area contributed by atoms with Crippen molar-refractivity contribution < 1.29 is 9.52 Å². The van der Waals surface area contributed by atoms with Crippen molar-refractivity contribution >= 4 is 17.3 Å². The van der Waals surface area contributed by atoms with Crippen LogP contribution >= 0.6 is 11.8 Å². The maximum atomic E-state index is 9.60. The number of rotatable bonds is 5. The van der Waals surface area contributed by atoms with Crippen molar-refractivity contribution in [2.24, 2.45) is 5.92 Å². The lowest BCUT2D eigenvalue weighted by molar-refractivity contribution is 0.475. The van der Waals surface area contributed by atoms with Crippen molar-refractivity contribution in [3.63, 3.8) is 0 Å². The number of hydrogen-bond acceptors (Lipinski definition) is 3. The summed E-state index contributed by atoms with van der Waals surface area (Å²) in [7, 11) is 0. The SMILES string of the molecule is CC(=CCc1ccco1)CC1=CCCC2C(=CCC=C2c2ccc(O)cc2)S1. The molecule has 2 heterocycles. The van der Waals surface area contributed by atoms with Gasteiger partial charge in [-0.2, -0.15) is 0 Å². The van der Waals surface area contributed by atoms with Gasteiger partial charge < -0.3 is 9.52 Å². The maximum Gasteiger partial charge on any atom is 0.115 e. The van der Waals surface area contributed by atoms with Crippen molar-refractivity contribution in [1.82, 2.24) is 0 Å². The summed E-state index contributed by atoms with van der Waals surface area (Å²) in [5.41, 5.74) is 4.02. The summed E-state index contributed by atoms with van der Waals surface area (Å²) in [5, 5.41) is 9.60. The quantitative estimate of drug-likeness (QED) is 0.545. The zero-order chi connectivity index (χ0) is 19.3. The van der Waals surface area contributed by atoms with Crippen LogP contribution in [0.2, 0.25) is 0 Å². The van der Waals surface area contributed by atoms with E-state index in [1.807, 2.05) is 36.0 Å². The molecule has 2 aromatic rings. The van der Waals surface area contributed by atoms with E-state index in [1.165, 1.54) is 26.5 Å². The molecule has 28 heavy (non-hydrogen) atoms. The van der Waals surface area contributed by atoms with Gasteiger partial charge in [0.15, 0.2) is 0 Å². The standard InChI is InChI=1S/C25H26O2S/c1-18(10-15-21-5-4-16-27-21)17-22-6-2-8-24-23(7-3-9-25(24)28-22)19-11-13-20(26)14-12-19/h4-7,9-14,16,24,26H,2-3,8,15,17H2,1H3. The number of phenolic OH excluding ortho intramolecular Hbond substituents is 1. The Hall–Kier alpha value is -2.39.